The number of para-hydroxylation sites is 1. The topological polar surface area (TPSA) is 62.7 Å². The van der Waals surface area contributed by atoms with Crippen LogP contribution in [0.4, 0.5) is 17.5 Å². The molecule has 2 N–H and O–H groups in total. The normalized spacial score (nSPS) is 10.5. The zero-order chi connectivity index (χ0) is 18.2. The second-order valence-corrected chi connectivity index (χ2v) is 6.11. The number of hydrogen-bond donors (Lipinski definition) is 2. The second kappa shape index (κ2) is 8.94. The molecule has 0 bridgehead atoms. The van der Waals surface area contributed by atoms with E-state index in [0.717, 1.165) is 31.5 Å². The van der Waals surface area contributed by atoms with E-state index < -0.39 is 0 Å². The van der Waals surface area contributed by atoms with Crippen molar-refractivity contribution in [1.29, 1.82) is 0 Å². The summed E-state index contributed by atoms with van der Waals surface area (Å²) in [5, 5.41) is 14.9. The molecule has 3 aromatic rings. The quantitative estimate of drug-likeness (QED) is 0.632. The highest BCUT2D eigenvalue weighted by atomic mass is 15.3. The Kier molecular flexibility index (Phi) is 6.14. The van der Waals surface area contributed by atoms with Gasteiger partial charge < -0.3 is 10.6 Å². The average Bonchev–Trinajstić information content (AvgIpc) is 2.69. The maximum atomic E-state index is 4.55. The summed E-state index contributed by atoms with van der Waals surface area (Å²) in [7, 11) is 0. The van der Waals surface area contributed by atoms with Gasteiger partial charge in [0.05, 0.1) is 6.20 Å². The number of aromatic nitrogens is 3. The van der Waals surface area contributed by atoms with Crippen LogP contribution in [0.2, 0.25) is 0 Å². The first-order valence-corrected chi connectivity index (χ1v) is 9.15. The van der Waals surface area contributed by atoms with Gasteiger partial charge in [0.1, 0.15) is 0 Å². The summed E-state index contributed by atoms with van der Waals surface area (Å²) in [6.45, 7) is 5.09. The first-order chi connectivity index (χ1) is 12.8. The molecule has 0 saturated carbocycles. The zero-order valence-corrected chi connectivity index (χ0v) is 15.4. The van der Waals surface area contributed by atoms with Crippen LogP contribution >= 0.6 is 0 Å². The van der Waals surface area contributed by atoms with Crippen LogP contribution in [-0.4, -0.2) is 21.7 Å². The summed E-state index contributed by atoms with van der Waals surface area (Å²) < 4.78 is 0. The third-order valence-electron chi connectivity index (χ3n) is 4.35. The lowest BCUT2D eigenvalue weighted by Gasteiger charge is -2.15. The number of hydrogen-bond acceptors (Lipinski definition) is 5. The maximum absolute atomic E-state index is 4.55. The number of nitrogens with zero attached hydrogens (tertiary/aromatic N) is 3. The lowest BCUT2D eigenvalue weighted by Crippen LogP contribution is -2.10. The molecule has 26 heavy (non-hydrogen) atoms. The zero-order valence-electron chi connectivity index (χ0n) is 15.4. The van der Waals surface area contributed by atoms with E-state index in [-0.39, 0.29) is 0 Å². The second-order valence-electron chi connectivity index (χ2n) is 6.11. The lowest BCUT2D eigenvalue weighted by molar-refractivity contribution is 0.928. The lowest BCUT2D eigenvalue weighted by atomic mass is 10.0. The van der Waals surface area contributed by atoms with Gasteiger partial charge in [-0.15, -0.1) is 5.10 Å². The van der Waals surface area contributed by atoms with Crippen molar-refractivity contribution in [3.63, 3.8) is 0 Å². The molecule has 0 aliphatic heterocycles. The molecular formula is C21H25N5. The molecule has 0 fully saturated rings. The Morgan fingerprint density at radius 1 is 0.885 bits per heavy atom. The largest absolute Gasteiger partial charge is 0.353 e. The van der Waals surface area contributed by atoms with Crippen molar-refractivity contribution in [2.75, 3.05) is 17.2 Å². The van der Waals surface area contributed by atoms with Crippen molar-refractivity contribution in [2.45, 2.75) is 33.1 Å². The van der Waals surface area contributed by atoms with Crippen LogP contribution in [0.15, 0.2) is 54.7 Å². The molecule has 0 amide bonds. The van der Waals surface area contributed by atoms with Gasteiger partial charge in [-0.1, -0.05) is 62.4 Å². The van der Waals surface area contributed by atoms with Crippen LogP contribution in [0, 0.1) is 0 Å². The SMILES string of the molecule is CCc1cccc(CC)c1Nc1cnnc(NCCc2ccccc2)n1. The molecule has 2 aromatic carbocycles. The number of benzene rings is 2. The van der Waals surface area contributed by atoms with Gasteiger partial charge >= 0.3 is 0 Å². The van der Waals surface area contributed by atoms with E-state index in [1.165, 1.54) is 16.7 Å². The Morgan fingerprint density at radius 3 is 2.31 bits per heavy atom. The van der Waals surface area contributed by atoms with E-state index in [1.807, 2.05) is 6.07 Å². The smallest absolute Gasteiger partial charge is 0.244 e. The molecule has 0 spiro atoms. The Bertz CT molecular complexity index is 811. The highest BCUT2D eigenvalue weighted by Crippen LogP contribution is 2.25. The van der Waals surface area contributed by atoms with E-state index in [4.69, 9.17) is 0 Å². The van der Waals surface area contributed by atoms with Crippen LogP contribution in [-0.2, 0) is 19.3 Å². The Balaban J connectivity index is 1.68. The van der Waals surface area contributed by atoms with Gasteiger partial charge in [-0.3, -0.25) is 0 Å². The van der Waals surface area contributed by atoms with Gasteiger partial charge in [0.15, 0.2) is 5.82 Å². The molecule has 3 rings (SSSR count). The minimum atomic E-state index is 0.540. The monoisotopic (exact) mass is 347 g/mol. The first kappa shape index (κ1) is 17.9. The Hall–Kier alpha value is -2.95. The van der Waals surface area contributed by atoms with Gasteiger partial charge in [0, 0.05) is 12.2 Å². The van der Waals surface area contributed by atoms with Gasteiger partial charge in [0.2, 0.25) is 5.95 Å². The van der Waals surface area contributed by atoms with Gasteiger partial charge in [-0.2, -0.15) is 10.1 Å². The first-order valence-electron chi connectivity index (χ1n) is 9.15. The highest BCUT2D eigenvalue weighted by Gasteiger charge is 2.08. The average molecular weight is 347 g/mol. The summed E-state index contributed by atoms with van der Waals surface area (Å²) in [6, 6.07) is 16.8. The number of anilines is 3. The molecule has 1 heterocycles. The van der Waals surface area contributed by atoms with Gasteiger partial charge in [-0.05, 0) is 36.0 Å². The number of aryl methyl sites for hydroxylation is 2. The van der Waals surface area contributed by atoms with Gasteiger partial charge in [0.25, 0.3) is 0 Å². The summed E-state index contributed by atoms with van der Waals surface area (Å²) in [5.74, 6) is 1.25. The summed E-state index contributed by atoms with van der Waals surface area (Å²) in [4.78, 5) is 4.55. The van der Waals surface area contributed by atoms with Gasteiger partial charge in [-0.25, -0.2) is 0 Å². The Labute approximate surface area is 154 Å². The molecule has 134 valence electrons. The predicted octanol–water partition coefficient (Wildman–Crippen LogP) is 4.39. The minimum absolute atomic E-state index is 0.540. The van der Waals surface area contributed by atoms with Crippen molar-refractivity contribution < 1.29 is 0 Å². The number of rotatable bonds is 8. The predicted molar refractivity (Wildman–Crippen MR) is 107 cm³/mol. The van der Waals surface area contributed by atoms with E-state index >= 15 is 0 Å². The number of nitrogens with one attached hydrogen (secondary N) is 2. The van der Waals surface area contributed by atoms with Crippen LogP contribution in [0.1, 0.15) is 30.5 Å². The highest BCUT2D eigenvalue weighted by molar-refractivity contribution is 5.65. The summed E-state index contributed by atoms with van der Waals surface area (Å²) in [6.07, 6.45) is 4.52. The summed E-state index contributed by atoms with van der Waals surface area (Å²) in [5.41, 5.74) is 4.98. The van der Waals surface area contributed by atoms with Crippen LogP contribution in [0.3, 0.4) is 0 Å². The van der Waals surface area contributed by atoms with E-state index in [1.54, 1.807) is 6.20 Å². The van der Waals surface area contributed by atoms with E-state index in [9.17, 15) is 0 Å². The Morgan fingerprint density at radius 2 is 1.62 bits per heavy atom. The molecular weight excluding hydrogens is 322 g/mol. The molecule has 0 aliphatic rings. The maximum Gasteiger partial charge on any atom is 0.244 e. The van der Waals surface area contributed by atoms with Crippen molar-refractivity contribution >= 4 is 17.5 Å². The van der Waals surface area contributed by atoms with Crippen molar-refractivity contribution in [3.05, 3.63) is 71.4 Å². The minimum Gasteiger partial charge on any atom is -0.353 e. The molecule has 0 atom stereocenters. The van der Waals surface area contributed by atoms with Crippen molar-refractivity contribution in [1.82, 2.24) is 15.2 Å². The molecule has 0 radical (unpaired) electrons. The molecule has 0 unspecified atom stereocenters. The van der Waals surface area contributed by atoms with E-state index in [2.05, 4.69) is 82.1 Å². The standard InChI is InChI=1S/C21H25N5/c1-3-17-11-8-12-18(4-2)20(17)24-19-15-23-26-21(25-19)22-14-13-16-9-6-5-7-10-16/h5-12,15H,3-4,13-14H2,1-2H3,(H2,22,24,25,26). The fourth-order valence-corrected chi connectivity index (χ4v) is 2.93. The third-order valence-corrected chi connectivity index (χ3v) is 4.35. The fraction of sp³-hybridized carbons (Fsp3) is 0.286. The molecule has 0 saturated heterocycles. The van der Waals surface area contributed by atoms with Crippen LogP contribution in [0.25, 0.3) is 0 Å². The van der Waals surface area contributed by atoms with E-state index in [0.29, 0.717) is 11.8 Å². The van der Waals surface area contributed by atoms with Crippen molar-refractivity contribution in [3.8, 4) is 0 Å². The van der Waals surface area contributed by atoms with Crippen molar-refractivity contribution in [2.24, 2.45) is 0 Å². The molecule has 1 aromatic heterocycles. The summed E-state index contributed by atoms with van der Waals surface area (Å²) >= 11 is 0. The molecule has 5 heteroatoms. The fourth-order valence-electron chi connectivity index (χ4n) is 2.93. The molecule has 0 aliphatic carbocycles. The van der Waals surface area contributed by atoms with Crippen LogP contribution < -0.4 is 10.6 Å². The van der Waals surface area contributed by atoms with Crippen LogP contribution in [0.5, 0.6) is 0 Å². The third kappa shape index (κ3) is 4.57. The molecule has 5 nitrogen and oxygen atoms in total.